The number of hydrogen-bond acceptors (Lipinski definition) is 6. The van der Waals surface area contributed by atoms with Gasteiger partial charge in [0.15, 0.2) is 0 Å². The molecule has 2 unspecified atom stereocenters. The van der Waals surface area contributed by atoms with Crippen LogP contribution >= 0.6 is 0 Å². The van der Waals surface area contributed by atoms with Crippen molar-refractivity contribution in [2.24, 2.45) is 0 Å². The highest BCUT2D eigenvalue weighted by Crippen LogP contribution is 2.34. The highest BCUT2D eigenvalue weighted by atomic mass is 19.4. The van der Waals surface area contributed by atoms with E-state index >= 15 is 0 Å². The van der Waals surface area contributed by atoms with Crippen molar-refractivity contribution in [3.63, 3.8) is 0 Å². The van der Waals surface area contributed by atoms with Gasteiger partial charge in [-0.25, -0.2) is 9.37 Å². The Balaban J connectivity index is 1.81. The van der Waals surface area contributed by atoms with E-state index in [4.69, 9.17) is 0 Å². The van der Waals surface area contributed by atoms with E-state index in [2.05, 4.69) is 25.7 Å². The fraction of sp³-hybridized carbons (Fsp3) is 0.562. The van der Waals surface area contributed by atoms with Crippen molar-refractivity contribution in [1.29, 1.82) is 0 Å². The van der Waals surface area contributed by atoms with Crippen LogP contribution in [0.15, 0.2) is 12.4 Å². The van der Waals surface area contributed by atoms with Gasteiger partial charge >= 0.3 is 6.18 Å². The lowest BCUT2D eigenvalue weighted by Gasteiger charge is -2.32. The lowest BCUT2D eigenvalue weighted by atomic mass is 10.0. The Labute approximate surface area is 153 Å². The lowest BCUT2D eigenvalue weighted by molar-refractivity contribution is -0.137. The number of piperidine rings is 1. The quantitative estimate of drug-likeness (QED) is 0.786. The number of nitrogens with zero attached hydrogens (tertiary/aromatic N) is 5. The molecular formula is C16H21F4N7. The molecule has 27 heavy (non-hydrogen) atoms. The number of aryl methyl sites for hydroxylation is 1. The number of likely N-dealkylation sites (tertiary alicyclic amines) is 1. The first-order valence-electron chi connectivity index (χ1n) is 8.46. The third kappa shape index (κ3) is 4.12. The Kier molecular flexibility index (Phi) is 5.22. The second-order valence-electron chi connectivity index (χ2n) is 6.57. The highest BCUT2D eigenvalue weighted by molar-refractivity contribution is 5.57. The van der Waals surface area contributed by atoms with Gasteiger partial charge in [0.05, 0.1) is 17.4 Å². The van der Waals surface area contributed by atoms with Gasteiger partial charge in [-0.1, -0.05) is 0 Å². The molecule has 0 spiro atoms. The second kappa shape index (κ2) is 7.29. The first kappa shape index (κ1) is 19.3. The van der Waals surface area contributed by atoms with Crippen LogP contribution in [0.4, 0.5) is 35.0 Å². The van der Waals surface area contributed by atoms with Gasteiger partial charge in [-0.3, -0.25) is 4.68 Å². The molecule has 2 aromatic rings. The monoisotopic (exact) mass is 387 g/mol. The van der Waals surface area contributed by atoms with E-state index in [1.807, 2.05) is 11.9 Å². The third-order valence-electron chi connectivity index (χ3n) is 4.54. The predicted octanol–water partition coefficient (Wildman–Crippen LogP) is 3.00. The number of anilines is 3. The van der Waals surface area contributed by atoms with Crippen molar-refractivity contribution in [1.82, 2.24) is 24.6 Å². The number of alkyl halides is 4. The van der Waals surface area contributed by atoms with Crippen LogP contribution < -0.4 is 10.6 Å². The summed E-state index contributed by atoms with van der Waals surface area (Å²) in [6, 6.07) is -0.378. The molecule has 2 atom stereocenters. The predicted molar refractivity (Wildman–Crippen MR) is 92.9 cm³/mol. The van der Waals surface area contributed by atoms with Crippen molar-refractivity contribution in [2.75, 3.05) is 37.8 Å². The summed E-state index contributed by atoms with van der Waals surface area (Å²) in [5.41, 5.74) is 0.146. The van der Waals surface area contributed by atoms with Gasteiger partial charge < -0.3 is 15.5 Å². The van der Waals surface area contributed by atoms with E-state index in [-0.39, 0.29) is 17.8 Å². The summed E-state index contributed by atoms with van der Waals surface area (Å²) in [5, 5.41) is 9.64. The summed E-state index contributed by atoms with van der Waals surface area (Å²) in [6.45, 7) is 2.82. The second-order valence-corrected chi connectivity index (χ2v) is 6.57. The van der Waals surface area contributed by atoms with E-state index < -0.39 is 17.9 Å². The molecule has 0 saturated carbocycles. The first-order chi connectivity index (χ1) is 12.7. The summed E-state index contributed by atoms with van der Waals surface area (Å²) < 4.78 is 54.7. The maximum absolute atomic E-state index is 14.3. The van der Waals surface area contributed by atoms with Gasteiger partial charge in [0, 0.05) is 32.5 Å². The standard InChI is InChI=1S/C16H21F4N7/c1-9-12(8-27(25-9)13-4-5-26(3)7-11(13)17)23-15-22-6-10(16(18,19)20)14(21-2)24-15/h6,8,11,13H,4-5,7H2,1-3H3,(H2,21,22,23,24). The molecule has 1 aliphatic rings. The number of rotatable bonds is 4. The fourth-order valence-electron chi connectivity index (χ4n) is 3.08. The minimum Gasteiger partial charge on any atom is -0.372 e. The maximum Gasteiger partial charge on any atom is 0.421 e. The molecule has 0 bridgehead atoms. The summed E-state index contributed by atoms with van der Waals surface area (Å²) in [5.74, 6) is -0.334. The molecule has 7 nitrogen and oxygen atoms in total. The van der Waals surface area contributed by atoms with E-state index in [0.29, 0.717) is 24.3 Å². The van der Waals surface area contributed by atoms with Gasteiger partial charge in [0.2, 0.25) is 5.95 Å². The fourth-order valence-corrected chi connectivity index (χ4v) is 3.08. The SMILES string of the molecule is CNc1nc(Nc2cn(C3CCN(C)CC3F)nc2C)ncc1C(F)(F)F. The summed E-state index contributed by atoms with van der Waals surface area (Å²) >= 11 is 0. The van der Waals surface area contributed by atoms with Crippen LogP contribution in [0.1, 0.15) is 23.7 Å². The molecule has 1 aliphatic heterocycles. The molecule has 148 valence electrons. The van der Waals surface area contributed by atoms with Crippen LogP contribution in [0.25, 0.3) is 0 Å². The van der Waals surface area contributed by atoms with Crippen molar-refractivity contribution in [2.45, 2.75) is 31.7 Å². The normalized spacial score (nSPS) is 21.3. The smallest absolute Gasteiger partial charge is 0.372 e. The van der Waals surface area contributed by atoms with Crippen molar-refractivity contribution < 1.29 is 17.6 Å². The van der Waals surface area contributed by atoms with Crippen molar-refractivity contribution in [3.05, 3.63) is 23.7 Å². The van der Waals surface area contributed by atoms with Crippen molar-refractivity contribution >= 4 is 17.5 Å². The highest BCUT2D eigenvalue weighted by Gasteiger charge is 2.35. The van der Waals surface area contributed by atoms with Crippen LogP contribution in [-0.2, 0) is 6.18 Å². The zero-order valence-electron chi connectivity index (χ0n) is 15.2. The zero-order chi connectivity index (χ0) is 19.8. The third-order valence-corrected chi connectivity index (χ3v) is 4.54. The number of aromatic nitrogens is 4. The van der Waals surface area contributed by atoms with Crippen LogP contribution in [0.3, 0.4) is 0 Å². The summed E-state index contributed by atoms with van der Waals surface area (Å²) in [7, 11) is 3.22. The van der Waals surface area contributed by atoms with Gasteiger partial charge in [-0.2, -0.15) is 23.3 Å². The molecule has 0 radical (unpaired) electrons. The molecule has 1 fully saturated rings. The van der Waals surface area contributed by atoms with Crippen molar-refractivity contribution in [3.8, 4) is 0 Å². The Morgan fingerprint density at radius 1 is 1.30 bits per heavy atom. The average molecular weight is 387 g/mol. The van der Waals surface area contributed by atoms with E-state index in [0.717, 1.165) is 12.7 Å². The minimum atomic E-state index is -4.55. The average Bonchev–Trinajstić information content (AvgIpc) is 2.94. The van der Waals surface area contributed by atoms with Crippen LogP contribution in [0.2, 0.25) is 0 Å². The van der Waals surface area contributed by atoms with Crippen LogP contribution in [0, 0.1) is 6.92 Å². The van der Waals surface area contributed by atoms with E-state index in [1.165, 1.54) is 7.05 Å². The molecule has 1 saturated heterocycles. The number of hydrogen-bond donors (Lipinski definition) is 2. The molecule has 0 amide bonds. The molecule has 0 aromatic carbocycles. The largest absolute Gasteiger partial charge is 0.421 e. The van der Waals surface area contributed by atoms with Gasteiger partial charge in [0.25, 0.3) is 0 Å². The molecule has 2 N–H and O–H groups in total. The van der Waals surface area contributed by atoms with Gasteiger partial charge in [-0.05, 0) is 20.4 Å². The van der Waals surface area contributed by atoms with E-state index in [9.17, 15) is 17.6 Å². The van der Waals surface area contributed by atoms with Crippen LogP contribution in [-0.4, -0.2) is 58.0 Å². The zero-order valence-corrected chi connectivity index (χ0v) is 15.2. The summed E-state index contributed by atoms with van der Waals surface area (Å²) in [6.07, 6.45) is -2.62. The Morgan fingerprint density at radius 2 is 2.04 bits per heavy atom. The maximum atomic E-state index is 14.3. The number of nitrogens with one attached hydrogen (secondary N) is 2. The molecular weight excluding hydrogens is 366 g/mol. The lowest BCUT2D eigenvalue weighted by Crippen LogP contribution is -2.40. The Hall–Kier alpha value is -2.43. The topological polar surface area (TPSA) is 70.9 Å². The van der Waals surface area contributed by atoms with E-state index in [1.54, 1.807) is 17.8 Å². The van der Waals surface area contributed by atoms with Gasteiger partial charge in [0.1, 0.15) is 17.6 Å². The molecule has 3 heterocycles. The molecule has 0 aliphatic carbocycles. The first-order valence-corrected chi connectivity index (χ1v) is 8.46. The van der Waals surface area contributed by atoms with Gasteiger partial charge in [-0.15, -0.1) is 0 Å². The summed E-state index contributed by atoms with van der Waals surface area (Å²) in [4.78, 5) is 9.53. The molecule has 11 heteroatoms. The molecule has 2 aromatic heterocycles. The Bertz CT molecular complexity index is 805. The molecule has 3 rings (SSSR count). The van der Waals surface area contributed by atoms with Crippen LogP contribution in [0.5, 0.6) is 0 Å². The minimum absolute atomic E-state index is 0.00447. The Morgan fingerprint density at radius 3 is 2.67 bits per heavy atom. The number of halogens is 4.